The van der Waals surface area contributed by atoms with E-state index in [1.807, 2.05) is 48.5 Å². The van der Waals surface area contributed by atoms with Crippen LogP contribution in [-0.4, -0.2) is 41.2 Å². The molecule has 2 unspecified atom stereocenters. The molecule has 0 saturated carbocycles. The number of furan rings is 1. The third-order valence-corrected chi connectivity index (χ3v) is 6.50. The van der Waals surface area contributed by atoms with Gasteiger partial charge in [0.15, 0.2) is 5.78 Å². The third-order valence-electron chi connectivity index (χ3n) is 5.52. The van der Waals surface area contributed by atoms with Crippen LogP contribution >= 0.6 is 11.8 Å². The average Bonchev–Trinajstić information content (AvgIpc) is 3.39. The molecule has 2 heterocycles. The van der Waals surface area contributed by atoms with E-state index in [1.165, 1.54) is 11.8 Å². The number of nitrogens with zero attached hydrogens (tertiary/aromatic N) is 1. The Morgan fingerprint density at radius 1 is 1.06 bits per heavy atom. The van der Waals surface area contributed by atoms with Crippen LogP contribution in [0.5, 0.6) is 0 Å². The molecule has 0 aliphatic heterocycles. The highest BCUT2D eigenvalue weighted by atomic mass is 32.2. The summed E-state index contributed by atoms with van der Waals surface area (Å²) in [4.78, 5) is 29.7. The van der Waals surface area contributed by atoms with Crippen molar-refractivity contribution >= 4 is 23.6 Å². The molecule has 36 heavy (non-hydrogen) atoms. The molecule has 2 N–H and O–H groups in total. The molecule has 7 nitrogen and oxygen atoms in total. The molecular weight excluding hydrogens is 474 g/mol. The number of carbonyl (C=O) groups excluding carboxylic acids is 2. The van der Waals surface area contributed by atoms with E-state index >= 15 is 0 Å². The fraction of sp³-hybridized carbons (Fsp3) is 0.393. The lowest BCUT2D eigenvalue weighted by atomic mass is 10.0. The number of Topliss-reactive ketones (excluding diaryl/α,β-unsaturated/α-hetero) is 1. The number of aromatic nitrogens is 1. The van der Waals surface area contributed by atoms with Gasteiger partial charge in [0.25, 0.3) is 0 Å². The summed E-state index contributed by atoms with van der Waals surface area (Å²) in [5.74, 6) is 2.37. The van der Waals surface area contributed by atoms with E-state index in [9.17, 15) is 9.59 Å². The molecule has 0 fully saturated rings. The molecule has 2 atom stereocenters. The second-order valence-corrected chi connectivity index (χ2v) is 10.1. The van der Waals surface area contributed by atoms with E-state index in [4.69, 9.17) is 9.15 Å². The minimum Gasteiger partial charge on any atom is -0.468 e. The average molecular weight is 510 g/mol. The first kappa shape index (κ1) is 27.5. The number of hydrogen-bond acceptors (Lipinski definition) is 7. The topological polar surface area (TPSA) is 93.5 Å². The standard InChI is InChI=1S/C28H35N3O4S/c1-21(2)14-24(31-28(33)35-18-23-10-6-12-29-16-23)17-30-26(15-22-8-4-3-5-9-22)27(32)20-36-19-25-11-7-13-34-25/h3-13,16,21,24,26,30H,14-15,17-20H2,1-2H3,(H,31,33). The smallest absolute Gasteiger partial charge is 0.407 e. The van der Waals surface area contributed by atoms with Gasteiger partial charge in [0, 0.05) is 30.5 Å². The van der Waals surface area contributed by atoms with Crippen LogP contribution in [0.15, 0.2) is 77.7 Å². The largest absolute Gasteiger partial charge is 0.468 e. The molecular formula is C28H35N3O4S. The Bertz CT molecular complexity index is 1030. The van der Waals surface area contributed by atoms with E-state index < -0.39 is 6.09 Å². The van der Waals surface area contributed by atoms with Gasteiger partial charge in [-0.2, -0.15) is 0 Å². The Balaban J connectivity index is 1.56. The molecule has 0 aliphatic carbocycles. The Hall–Kier alpha value is -3.10. The van der Waals surface area contributed by atoms with Crippen LogP contribution in [0.2, 0.25) is 0 Å². The van der Waals surface area contributed by atoms with Gasteiger partial charge in [0.2, 0.25) is 0 Å². The van der Waals surface area contributed by atoms with Crippen molar-refractivity contribution in [3.05, 3.63) is 90.1 Å². The van der Waals surface area contributed by atoms with E-state index in [1.54, 1.807) is 24.7 Å². The number of benzene rings is 1. The monoisotopic (exact) mass is 509 g/mol. The first-order valence-electron chi connectivity index (χ1n) is 12.2. The number of hydrogen-bond donors (Lipinski definition) is 2. The predicted molar refractivity (Wildman–Crippen MR) is 143 cm³/mol. The van der Waals surface area contributed by atoms with E-state index in [2.05, 4.69) is 29.5 Å². The molecule has 3 rings (SSSR count). The highest BCUT2D eigenvalue weighted by Gasteiger charge is 2.22. The Kier molecular flexibility index (Phi) is 11.5. The zero-order valence-corrected chi connectivity index (χ0v) is 21.7. The normalized spacial score (nSPS) is 12.8. The molecule has 1 aromatic carbocycles. The molecule has 2 aromatic heterocycles. The number of carbonyl (C=O) groups is 2. The maximum Gasteiger partial charge on any atom is 0.407 e. The Morgan fingerprint density at radius 3 is 2.56 bits per heavy atom. The second-order valence-electron chi connectivity index (χ2n) is 9.10. The van der Waals surface area contributed by atoms with Gasteiger partial charge >= 0.3 is 6.09 Å². The lowest BCUT2D eigenvalue weighted by Gasteiger charge is -2.24. The number of thioether (sulfide) groups is 1. The van der Waals surface area contributed by atoms with Crippen molar-refractivity contribution in [2.24, 2.45) is 5.92 Å². The van der Waals surface area contributed by atoms with Crippen LogP contribution in [0, 0.1) is 5.92 Å². The lowest BCUT2D eigenvalue weighted by Crippen LogP contribution is -2.48. The minimum absolute atomic E-state index is 0.123. The zero-order chi connectivity index (χ0) is 25.6. The molecule has 0 aliphatic rings. The first-order valence-corrected chi connectivity index (χ1v) is 13.4. The summed E-state index contributed by atoms with van der Waals surface area (Å²) < 4.78 is 10.8. The van der Waals surface area contributed by atoms with Gasteiger partial charge in [-0.15, -0.1) is 11.8 Å². The van der Waals surface area contributed by atoms with Crippen molar-refractivity contribution in [1.29, 1.82) is 0 Å². The van der Waals surface area contributed by atoms with Crippen molar-refractivity contribution in [3.8, 4) is 0 Å². The van der Waals surface area contributed by atoms with Crippen molar-refractivity contribution in [3.63, 3.8) is 0 Å². The summed E-state index contributed by atoms with van der Waals surface area (Å²) in [6, 6.07) is 16.9. The number of alkyl carbamates (subject to hydrolysis) is 1. The molecule has 0 bridgehead atoms. The van der Waals surface area contributed by atoms with E-state index in [0.717, 1.165) is 23.3 Å². The lowest BCUT2D eigenvalue weighted by molar-refractivity contribution is -0.118. The van der Waals surface area contributed by atoms with Crippen molar-refractivity contribution in [2.45, 2.75) is 51.1 Å². The summed E-state index contributed by atoms with van der Waals surface area (Å²) in [6.07, 6.45) is 5.85. The molecule has 192 valence electrons. The Labute approximate surface area is 217 Å². The predicted octanol–water partition coefficient (Wildman–Crippen LogP) is 5.02. The van der Waals surface area contributed by atoms with Crippen molar-refractivity contribution in [2.75, 3.05) is 12.3 Å². The van der Waals surface area contributed by atoms with Gasteiger partial charge in [-0.1, -0.05) is 50.2 Å². The van der Waals surface area contributed by atoms with Crippen LogP contribution in [0.25, 0.3) is 0 Å². The zero-order valence-electron chi connectivity index (χ0n) is 20.9. The van der Waals surface area contributed by atoms with E-state index in [-0.39, 0.29) is 24.5 Å². The molecule has 1 amide bonds. The van der Waals surface area contributed by atoms with Gasteiger partial charge in [-0.05, 0) is 42.5 Å². The highest BCUT2D eigenvalue weighted by molar-refractivity contribution is 7.99. The second kappa shape index (κ2) is 15.1. The Morgan fingerprint density at radius 2 is 1.86 bits per heavy atom. The SMILES string of the molecule is CC(C)CC(CNC(Cc1ccccc1)C(=O)CSCc1ccco1)NC(=O)OCc1cccnc1. The van der Waals surface area contributed by atoms with Gasteiger partial charge in [-0.3, -0.25) is 9.78 Å². The third kappa shape index (κ3) is 10.3. The van der Waals surface area contributed by atoms with Crippen LogP contribution in [0.1, 0.15) is 37.2 Å². The first-order chi connectivity index (χ1) is 17.5. The maximum absolute atomic E-state index is 13.2. The summed E-state index contributed by atoms with van der Waals surface area (Å²) >= 11 is 1.54. The quantitative estimate of drug-likeness (QED) is 0.297. The summed E-state index contributed by atoms with van der Waals surface area (Å²) in [5, 5.41) is 6.40. The molecule has 0 spiro atoms. The molecule has 8 heteroatoms. The summed E-state index contributed by atoms with van der Waals surface area (Å²) in [5.41, 5.74) is 1.91. The number of pyridine rings is 1. The van der Waals surface area contributed by atoms with Gasteiger partial charge < -0.3 is 19.8 Å². The fourth-order valence-electron chi connectivity index (χ4n) is 3.78. The number of nitrogens with one attached hydrogen (secondary N) is 2. The number of ether oxygens (including phenoxy) is 1. The van der Waals surface area contributed by atoms with E-state index in [0.29, 0.717) is 30.4 Å². The molecule has 0 saturated heterocycles. The summed E-state index contributed by atoms with van der Waals surface area (Å²) in [7, 11) is 0. The van der Waals surface area contributed by atoms with Crippen LogP contribution < -0.4 is 10.6 Å². The number of amides is 1. The maximum atomic E-state index is 13.2. The highest BCUT2D eigenvalue weighted by Crippen LogP contribution is 2.15. The molecule has 0 radical (unpaired) electrons. The minimum atomic E-state index is -0.480. The fourth-order valence-corrected chi connectivity index (χ4v) is 4.65. The van der Waals surface area contributed by atoms with Crippen molar-refractivity contribution in [1.82, 2.24) is 15.6 Å². The van der Waals surface area contributed by atoms with Crippen LogP contribution in [0.3, 0.4) is 0 Å². The number of ketones is 1. The van der Waals surface area contributed by atoms with Crippen LogP contribution in [0.4, 0.5) is 4.79 Å². The van der Waals surface area contributed by atoms with Gasteiger partial charge in [0.1, 0.15) is 12.4 Å². The number of rotatable bonds is 15. The van der Waals surface area contributed by atoms with Gasteiger partial charge in [0.05, 0.1) is 23.8 Å². The van der Waals surface area contributed by atoms with Crippen molar-refractivity contribution < 1.29 is 18.7 Å². The van der Waals surface area contributed by atoms with Crippen LogP contribution in [-0.2, 0) is 28.3 Å². The van der Waals surface area contributed by atoms with Gasteiger partial charge in [-0.25, -0.2) is 4.79 Å². The molecule has 3 aromatic rings. The summed E-state index contributed by atoms with van der Waals surface area (Å²) in [6.45, 7) is 4.83.